The molecule has 0 radical (unpaired) electrons. The number of carbonyl (C=O) groups is 1. The molecule has 1 aliphatic rings. The van der Waals surface area contributed by atoms with Crippen molar-refractivity contribution in [3.8, 4) is 0 Å². The predicted octanol–water partition coefficient (Wildman–Crippen LogP) is 0.269. The fourth-order valence-electron chi connectivity index (χ4n) is 2.23. The van der Waals surface area contributed by atoms with Crippen LogP contribution in [0.5, 0.6) is 0 Å². The van der Waals surface area contributed by atoms with Gasteiger partial charge < -0.3 is 10.2 Å². The van der Waals surface area contributed by atoms with Gasteiger partial charge in [-0.05, 0) is 38.8 Å². The molecule has 18 heavy (non-hydrogen) atoms. The molecule has 0 spiro atoms. The Morgan fingerprint density at radius 2 is 2.17 bits per heavy atom. The van der Waals surface area contributed by atoms with Crippen molar-refractivity contribution in [2.24, 2.45) is 5.92 Å². The molecule has 0 aromatic rings. The number of amides is 1. The maximum atomic E-state index is 11.9. The molecule has 1 rings (SSSR count). The normalized spacial score (nSPS) is 20.7. The average Bonchev–Trinajstić information content (AvgIpc) is 2.33. The van der Waals surface area contributed by atoms with Crippen LogP contribution < -0.4 is 5.32 Å². The summed E-state index contributed by atoms with van der Waals surface area (Å²) in [5, 5.41) is 3.33. The van der Waals surface area contributed by atoms with Crippen molar-refractivity contribution in [2.75, 3.05) is 38.2 Å². The Morgan fingerprint density at radius 1 is 1.44 bits per heavy atom. The fraction of sp³-hybridized carbons (Fsp3) is 0.917. The van der Waals surface area contributed by atoms with E-state index in [1.165, 1.54) is 6.26 Å². The van der Waals surface area contributed by atoms with Crippen LogP contribution in [0.1, 0.15) is 26.2 Å². The lowest BCUT2D eigenvalue weighted by Crippen LogP contribution is -2.41. The van der Waals surface area contributed by atoms with E-state index < -0.39 is 9.84 Å². The fourth-order valence-corrected chi connectivity index (χ4v) is 2.77. The van der Waals surface area contributed by atoms with Crippen LogP contribution in [-0.4, -0.2) is 57.4 Å². The molecule has 1 N–H and O–H groups in total. The number of hydrogen-bond acceptors (Lipinski definition) is 4. The minimum Gasteiger partial charge on any atom is -0.343 e. The highest BCUT2D eigenvalue weighted by atomic mass is 32.2. The van der Waals surface area contributed by atoms with Gasteiger partial charge in [-0.1, -0.05) is 0 Å². The lowest BCUT2D eigenvalue weighted by molar-refractivity contribution is -0.131. The molecule has 1 fully saturated rings. The third-order valence-corrected chi connectivity index (χ3v) is 4.24. The van der Waals surface area contributed by atoms with Crippen molar-refractivity contribution in [1.29, 1.82) is 0 Å². The van der Waals surface area contributed by atoms with Gasteiger partial charge in [0.05, 0.1) is 5.75 Å². The van der Waals surface area contributed by atoms with Crippen LogP contribution in [0.25, 0.3) is 0 Å². The summed E-state index contributed by atoms with van der Waals surface area (Å²) in [6.45, 7) is 5.35. The highest BCUT2D eigenvalue weighted by Gasteiger charge is 2.20. The number of hydrogen-bond donors (Lipinski definition) is 1. The number of sulfone groups is 1. The topological polar surface area (TPSA) is 66.5 Å². The van der Waals surface area contributed by atoms with E-state index in [0.29, 0.717) is 12.5 Å². The standard InChI is InChI=1S/C12H24N2O3S/c1-3-14(10-11-5-4-7-13-9-11)12(15)6-8-18(2,16)17/h11,13H,3-10H2,1-2H3. The Labute approximate surface area is 110 Å². The second kappa shape index (κ2) is 7.09. The maximum Gasteiger partial charge on any atom is 0.223 e. The van der Waals surface area contributed by atoms with Crippen molar-refractivity contribution in [1.82, 2.24) is 10.2 Å². The zero-order valence-corrected chi connectivity index (χ0v) is 12.1. The summed E-state index contributed by atoms with van der Waals surface area (Å²) < 4.78 is 22.1. The number of carbonyl (C=O) groups excluding carboxylic acids is 1. The quantitative estimate of drug-likeness (QED) is 0.756. The molecule has 0 aromatic heterocycles. The Bertz CT molecular complexity index is 362. The van der Waals surface area contributed by atoms with E-state index in [9.17, 15) is 13.2 Å². The van der Waals surface area contributed by atoms with Gasteiger partial charge in [-0.3, -0.25) is 4.79 Å². The molecular formula is C12H24N2O3S. The highest BCUT2D eigenvalue weighted by Crippen LogP contribution is 2.12. The van der Waals surface area contributed by atoms with Gasteiger partial charge >= 0.3 is 0 Å². The number of rotatable bonds is 6. The third-order valence-electron chi connectivity index (χ3n) is 3.30. The van der Waals surface area contributed by atoms with Gasteiger partial charge in [-0.25, -0.2) is 8.42 Å². The summed E-state index contributed by atoms with van der Waals surface area (Å²) in [4.78, 5) is 13.7. The van der Waals surface area contributed by atoms with E-state index in [0.717, 1.165) is 32.5 Å². The van der Waals surface area contributed by atoms with Crippen LogP contribution in [0, 0.1) is 5.92 Å². The minimum absolute atomic E-state index is 0.0477. The first-order valence-electron chi connectivity index (χ1n) is 6.58. The monoisotopic (exact) mass is 276 g/mol. The summed E-state index contributed by atoms with van der Waals surface area (Å²) in [5.41, 5.74) is 0. The largest absolute Gasteiger partial charge is 0.343 e. The van der Waals surface area contributed by atoms with Gasteiger partial charge in [0.15, 0.2) is 0 Å². The van der Waals surface area contributed by atoms with Crippen LogP contribution in [-0.2, 0) is 14.6 Å². The third kappa shape index (κ3) is 5.82. The van der Waals surface area contributed by atoms with E-state index in [4.69, 9.17) is 0 Å². The lowest BCUT2D eigenvalue weighted by atomic mass is 9.99. The van der Waals surface area contributed by atoms with Crippen molar-refractivity contribution < 1.29 is 13.2 Å². The first-order chi connectivity index (χ1) is 8.42. The molecule has 106 valence electrons. The number of piperidine rings is 1. The molecule has 1 saturated heterocycles. The molecular weight excluding hydrogens is 252 g/mol. The smallest absolute Gasteiger partial charge is 0.223 e. The average molecular weight is 276 g/mol. The number of nitrogens with one attached hydrogen (secondary N) is 1. The van der Waals surface area contributed by atoms with Gasteiger partial charge in [0.2, 0.25) is 5.91 Å². The van der Waals surface area contributed by atoms with Crippen molar-refractivity contribution >= 4 is 15.7 Å². The Hall–Kier alpha value is -0.620. The Kier molecular flexibility index (Phi) is 6.08. The molecule has 0 aliphatic carbocycles. The van der Waals surface area contributed by atoms with Gasteiger partial charge in [-0.15, -0.1) is 0 Å². The predicted molar refractivity (Wildman–Crippen MR) is 72.2 cm³/mol. The van der Waals surface area contributed by atoms with E-state index >= 15 is 0 Å². The first kappa shape index (κ1) is 15.4. The lowest BCUT2D eigenvalue weighted by Gasteiger charge is -2.29. The van der Waals surface area contributed by atoms with Crippen LogP contribution in [0.4, 0.5) is 0 Å². The van der Waals surface area contributed by atoms with Crippen LogP contribution >= 0.6 is 0 Å². The van der Waals surface area contributed by atoms with E-state index in [1.54, 1.807) is 4.90 Å². The zero-order valence-electron chi connectivity index (χ0n) is 11.3. The van der Waals surface area contributed by atoms with Crippen LogP contribution in [0.3, 0.4) is 0 Å². The summed E-state index contributed by atoms with van der Waals surface area (Å²) in [5.74, 6) is 0.403. The van der Waals surface area contributed by atoms with Crippen molar-refractivity contribution in [2.45, 2.75) is 26.2 Å². The Morgan fingerprint density at radius 3 is 2.67 bits per heavy atom. The SMILES string of the molecule is CCN(CC1CCCNC1)C(=O)CCS(C)(=O)=O. The second-order valence-electron chi connectivity index (χ2n) is 5.02. The molecule has 1 amide bonds. The maximum absolute atomic E-state index is 11.9. The summed E-state index contributed by atoms with van der Waals surface area (Å²) in [6.07, 6.45) is 3.57. The molecule has 0 aromatic carbocycles. The first-order valence-corrected chi connectivity index (χ1v) is 8.64. The van der Waals surface area contributed by atoms with E-state index in [2.05, 4.69) is 5.32 Å². The highest BCUT2D eigenvalue weighted by molar-refractivity contribution is 7.90. The summed E-state index contributed by atoms with van der Waals surface area (Å²) >= 11 is 0. The summed E-state index contributed by atoms with van der Waals surface area (Å²) in [6, 6.07) is 0. The van der Waals surface area contributed by atoms with Crippen molar-refractivity contribution in [3.63, 3.8) is 0 Å². The van der Waals surface area contributed by atoms with E-state index in [-0.39, 0.29) is 18.1 Å². The minimum atomic E-state index is -3.05. The molecule has 1 heterocycles. The molecule has 6 heteroatoms. The molecule has 1 atom stereocenters. The second-order valence-corrected chi connectivity index (χ2v) is 7.28. The van der Waals surface area contributed by atoms with Crippen LogP contribution in [0.2, 0.25) is 0 Å². The van der Waals surface area contributed by atoms with Crippen LogP contribution in [0.15, 0.2) is 0 Å². The molecule has 5 nitrogen and oxygen atoms in total. The van der Waals surface area contributed by atoms with Crippen molar-refractivity contribution in [3.05, 3.63) is 0 Å². The number of nitrogens with zero attached hydrogens (tertiary/aromatic N) is 1. The Balaban J connectivity index is 2.41. The molecule has 0 bridgehead atoms. The van der Waals surface area contributed by atoms with E-state index in [1.807, 2.05) is 6.92 Å². The molecule has 1 aliphatic heterocycles. The molecule has 1 unspecified atom stereocenters. The van der Waals surface area contributed by atoms with Gasteiger partial charge in [-0.2, -0.15) is 0 Å². The summed E-state index contributed by atoms with van der Waals surface area (Å²) in [7, 11) is -3.05. The van der Waals surface area contributed by atoms with Gasteiger partial charge in [0, 0.05) is 25.8 Å². The van der Waals surface area contributed by atoms with Gasteiger partial charge in [0.25, 0.3) is 0 Å². The van der Waals surface area contributed by atoms with Gasteiger partial charge in [0.1, 0.15) is 9.84 Å². The zero-order chi connectivity index (χ0) is 13.6. The molecule has 0 saturated carbocycles.